The van der Waals surface area contributed by atoms with Crippen LogP contribution >= 0.6 is 12.4 Å². The van der Waals surface area contributed by atoms with Gasteiger partial charge in [-0.15, -0.1) is 12.4 Å². The first kappa shape index (κ1) is 18.2. The van der Waals surface area contributed by atoms with Crippen LogP contribution in [-0.4, -0.2) is 31.7 Å². The number of nitrogens with two attached hydrogens (primary N) is 1. The molecule has 0 spiro atoms. The van der Waals surface area contributed by atoms with Gasteiger partial charge in [0, 0.05) is 25.8 Å². The fraction of sp³-hybridized carbons (Fsp3) is 0.588. The van der Waals surface area contributed by atoms with E-state index in [1.54, 1.807) is 12.1 Å². The lowest BCUT2D eigenvalue weighted by Gasteiger charge is -2.36. The van der Waals surface area contributed by atoms with Crippen molar-refractivity contribution in [1.29, 1.82) is 0 Å². The van der Waals surface area contributed by atoms with Gasteiger partial charge in [0.1, 0.15) is 5.82 Å². The average Bonchev–Trinajstić information content (AvgIpc) is 3.38. The molecule has 1 aromatic carbocycles. The van der Waals surface area contributed by atoms with Crippen LogP contribution in [0.15, 0.2) is 24.3 Å². The number of rotatable bonds is 5. The van der Waals surface area contributed by atoms with Crippen LogP contribution in [0, 0.1) is 11.7 Å². The molecule has 4 nitrogen and oxygen atoms in total. The molecule has 128 valence electrons. The van der Waals surface area contributed by atoms with E-state index in [2.05, 4.69) is 5.32 Å². The van der Waals surface area contributed by atoms with Crippen molar-refractivity contribution in [2.24, 2.45) is 11.7 Å². The summed E-state index contributed by atoms with van der Waals surface area (Å²) in [5.74, 6) is 0.248. The molecule has 1 aliphatic carbocycles. The number of benzene rings is 1. The minimum atomic E-state index is -0.630. The number of carbonyl (C=O) groups excluding carboxylic acids is 1. The smallest absolute Gasteiger partial charge is 0.230 e. The predicted octanol–water partition coefficient (Wildman–Crippen LogP) is 2.15. The van der Waals surface area contributed by atoms with Gasteiger partial charge in [0.05, 0.1) is 5.41 Å². The van der Waals surface area contributed by atoms with Gasteiger partial charge in [-0.25, -0.2) is 4.39 Å². The normalized spacial score (nSPS) is 21.1. The molecule has 6 heteroatoms. The molecule has 3 N–H and O–H groups in total. The Labute approximate surface area is 142 Å². The first-order valence-corrected chi connectivity index (χ1v) is 7.99. The Morgan fingerprint density at radius 3 is 2.48 bits per heavy atom. The van der Waals surface area contributed by atoms with Crippen LogP contribution in [0.2, 0.25) is 0 Å². The van der Waals surface area contributed by atoms with Gasteiger partial charge in [0.25, 0.3) is 0 Å². The maximum atomic E-state index is 13.2. The largest absolute Gasteiger partial charge is 0.381 e. The summed E-state index contributed by atoms with van der Waals surface area (Å²) in [5.41, 5.74) is 6.30. The van der Waals surface area contributed by atoms with E-state index < -0.39 is 5.41 Å². The SMILES string of the molecule is Cl.NC(CNC(=O)C1(c2ccc(F)cc2)CCOCC1)C1CC1. The Hall–Kier alpha value is -1.17. The highest BCUT2D eigenvalue weighted by Crippen LogP contribution is 2.36. The lowest BCUT2D eigenvalue weighted by molar-refractivity contribution is -0.130. The summed E-state index contributed by atoms with van der Waals surface area (Å²) in [7, 11) is 0. The van der Waals surface area contributed by atoms with E-state index in [0.717, 1.165) is 18.4 Å². The van der Waals surface area contributed by atoms with Gasteiger partial charge in [0.15, 0.2) is 0 Å². The molecule has 3 rings (SSSR count). The quantitative estimate of drug-likeness (QED) is 0.861. The van der Waals surface area contributed by atoms with Crippen LogP contribution in [0.5, 0.6) is 0 Å². The summed E-state index contributed by atoms with van der Waals surface area (Å²) in [6, 6.07) is 6.28. The molecule has 0 radical (unpaired) electrons. The lowest BCUT2D eigenvalue weighted by Crippen LogP contribution is -2.50. The summed E-state index contributed by atoms with van der Waals surface area (Å²) in [4.78, 5) is 12.8. The molecule has 2 fully saturated rings. The molecule has 2 aliphatic rings. The second-order valence-electron chi connectivity index (χ2n) is 6.41. The first-order chi connectivity index (χ1) is 10.6. The van der Waals surface area contributed by atoms with Crippen molar-refractivity contribution in [1.82, 2.24) is 5.32 Å². The molecule has 1 atom stereocenters. The van der Waals surface area contributed by atoms with Crippen molar-refractivity contribution in [2.75, 3.05) is 19.8 Å². The van der Waals surface area contributed by atoms with Crippen molar-refractivity contribution in [3.8, 4) is 0 Å². The predicted molar refractivity (Wildman–Crippen MR) is 89.1 cm³/mol. The summed E-state index contributed by atoms with van der Waals surface area (Å²) < 4.78 is 18.6. The van der Waals surface area contributed by atoms with Crippen LogP contribution < -0.4 is 11.1 Å². The van der Waals surface area contributed by atoms with Gasteiger partial charge in [-0.1, -0.05) is 12.1 Å². The summed E-state index contributed by atoms with van der Waals surface area (Å²) in [5, 5.41) is 3.01. The number of nitrogens with one attached hydrogen (secondary N) is 1. The highest BCUT2D eigenvalue weighted by molar-refractivity contribution is 5.88. The van der Waals surface area contributed by atoms with Crippen LogP contribution in [0.1, 0.15) is 31.2 Å². The molecule has 1 aliphatic heterocycles. The van der Waals surface area contributed by atoms with E-state index in [1.807, 2.05) is 0 Å². The van der Waals surface area contributed by atoms with Gasteiger partial charge >= 0.3 is 0 Å². The van der Waals surface area contributed by atoms with Crippen molar-refractivity contribution < 1.29 is 13.9 Å². The molecule has 1 saturated heterocycles. The van der Waals surface area contributed by atoms with Crippen LogP contribution in [0.4, 0.5) is 4.39 Å². The Balaban J connectivity index is 0.00000192. The number of ether oxygens (including phenoxy) is 1. The zero-order valence-electron chi connectivity index (χ0n) is 13.1. The van der Waals surface area contributed by atoms with Gasteiger partial charge < -0.3 is 15.8 Å². The molecular formula is C17H24ClFN2O2. The molecule has 23 heavy (non-hydrogen) atoms. The van der Waals surface area contributed by atoms with Crippen LogP contribution in [-0.2, 0) is 14.9 Å². The van der Waals surface area contributed by atoms with Gasteiger partial charge in [0.2, 0.25) is 5.91 Å². The Bertz CT molecular complexity index is 528. The standard InChI is InChI=1S/C17H23FN2O2.ClH/c18-14-5-3-13(4-6-14)17(7-9-22-10-8-17)16(21)20-11-15(19)12-1-2-12;/h3-6,12,15H,1-2,7-11,19H2,(H,20,21);1H. The Morgan fingerprint density at radius 1 is 1.30 bits per heavy atom. The minimum Gasteiger partial charge on any atom is -0.381 e. The number of hydrogen-bond acceptors (Lipinski definition) is 3. The van der Waals surface area contributed by atoms with E-state index in [1.165, 1.54) is 12.1 Å². The molecule has 1 saturated carbocycles. The van der Waals surface area contributed by atoms with Crippen LogP contribution in [0.3, 0.4) is 0 Å². The molecule has 1 unspecified atom stereocenters. The third-order valence-electron chi connectivity index (χ3n) is 4.90. The fourth-order valence-electron chi connectivity index (χ4n) is 3.21. The van der Waals surface area contributed by atoms with E-state index in [0.29, 0.717) is 38.5 Å². The van der Waals surface area contributed by atoms with E-state index >= 15 is 0 Å². The average molecular weight is 343 g/mol. The maximum absolute atomic E-state index is 13.2. The van der Waals surface area contributed by atoms with Crippen molar-refractivity contribution in [2.45, 2.75) is 37.1 Å². The molecular weight excluding hydrogens is 319 g/mol. The monoisotopic (exact) mass is 342 g/mol. The van der Waals surface area contributed by atoms with Crippen molar-refractivity contribution in [3.63, 3.8) is 0 Å². The van der Waals surface area contributed by atoms with E-state index in [9.17, 15) is 9.18 Å². The lowest BCUT2D eigenvalue weighted by atomic mass is 9.73. The summed E-state index contributed by atoms with van der Waals surface area (Å²) in [6.45, 7) is 1.59. The second kappa shape index (κ2) is 7.60. The topological polar surface area (TPSA) is 64.3 Å². The minimum absolute atomic E-state index is 0. The maximum Gasteiger partial charge on any atom is 0.230 e. The summed E-state index contributed by atoms with van der Waals surface area (Å²) in [6.07, 6.45) is 3.55. The van der Waals surface area contributed by atoms with Crippen LogP contribution in [0.25, 0.3) is 0 Å². The molecule has 1 heterocycles. The molecule has 0 aromatic heterocycles. The molecule has 1 aromatic rings. The van der Waals surface area contributed by atoms with Gasteiger partial charge in [-0.3, -0.25) is 4.79 Å². The van der Waals surface area contributed by atoms with Gasteiger partial charge in [-0.05, 0) is 49.3 Å². The number of amides is 1. The van der Waals surface area contributed by atoms with E-state index in [4.69, 9.17) is 10.5 Å². The highest BCUT2D eigenvalue weighted by Gasteiger charge is 2.42. The van der Waals surface area contributed by atoms with Crippen molar-refractivity contribution in [3.05, 3.63) is 35.6 Å². The number of carbonyl (C=O) groups is 1. The van der Waals surface area contributed by atoms with Gasteiger partial charge in [-0.2, -0.15) is 0 Å². The molecule has 0 bridgehead atoms. The summed E-state index contributed by atoms with van der Waals surface area (Å²) >= 11 is 0. The molecule has 1 amide bonds. The zero-order chi connectivity index (χ0) is 15.6. The number of hydrogen-bond donors (Lipinski definition) is 2. The zero-order valence-corrected chi connectivity index (χ0v) is 13.9. The number of halogens is 2. The Morgan fingerprint density at radius 2 is 1.91 bits per heavy atom. The third-order valence-corrected chi connectivity index (χ3v) is 4.90. The van der Waals surface area contributed by atoms with E-state index in [-0.39, 0.29) is 30.2 Å². The second-order valence-corrected chi connectivity index (χ2v) is 6.41. The first-order valence-electron chi connectivity index (χ1n) is 7.99. The Kier molecular flexibility index (Phi) is 6.00. The van der Waals surface area contributed by atoms with Crippen molar-refractivity contribution >= 4 is 18.3 Å². The fourth-order valence-corrected chi connectivity index (χ4v) is 3.21. The third kappa shape index (κ3) is 4.03. The highest BCUT2D eigenvalue weighted by atomic mass is 35.5.